The zero-order valence-electron chi connectivity index (χ0n) is 12.6. The number of ketones is 1. The summed E-state index contributed by atoms with van der Waals surface area (Å²) in [7, 11) is 0. The van der Waals surface area contributed by atoms with Crippen LogP contribution in [0.1, 0.15) is 19.4 Å². The normalized spacial score (nSPS) is 13.2. The second-order valence-corrected chi connectivity index (χ2v) is 6.86. The topological polar surface area (TPSA) is 37.4 Å². The highest BCUT2D eigenvalue weighted by molar-refractivity contribution is 9.10. The summed E-state index contributed by atoms with van der Waals surface area (Å²) in [4.78, 5) is 26.3. The summed E-state index contributed by atoms with van der Waals surface area (Å²) >= 11 is 3.28. The molecule has 0 N–H and O–H groups in total. The summed E-state index contributed by atoms with van der Waals surface area (Å²) in [6, 6.07) is 19.1. The van der Waals surface area contributed by atoms with Crippen LogP contribution in [0.3, 0.4) is 0 Å². The molecule has 0 fully saturated rings. The zero-order chi connectivity index (χ0) is 16.2. The standard InChI is InChI=1S/C18H18BrNO2/c1-14(21)18(2,19)17(22)20(16-11-7-4-8-12-16)13-15-9-5-3-6-10-15/h3-12H,13H2,1-2H3. The highest BCUT2D eigenvalue weighted by Gasteiger charge is 2.39. The van der Waals surface area contributed by atoms with Gasteiger partial charge in [0.05, 0.1) is 6.54 Å². The molecule has 2 aromatic rings. The maximum atomic E-state index is 12.9. The fourth-order valence-electron chi connectivity index (χ4n) is 2.06. The summed E-state index contributed by atoms with van der Waals surface area (Å²) in [5.74, 6) is -0.485. The summed E-state index contributed by atoms with van der Waals surface area (Å²) in [6.07, 6.45) is 0. The third-order valence-electron chi connectivity index (χ3n) is 3.56. The molecule has 4 heteroatoms. The number of halogens is 1. The molecule has 0 saturated heterocycles. The first kappa shape index (κ1) is 16.4. The molecule has 2 rings (SSSR count). The Kier molecular flexibility index (Phi) is 5.14. The van der Waals surface area contributed by atoms with Gasteiger partial charge < -0.3 is 4.90 Å². The van der Waals surface area contributed by atoms with Crippen LogP contribution in [0.2, 0.25) is 0 Å². The van der Waals surface area contributed by atoms with Crippen LogP contribution in [0.4, 0.5) is 5.69 Å². The van der Waals surface area contributed by atoms with Gasteiger partial charge in [-0.05, 0) is 31.5 Å². The Hall–Kier alpha value is -1.94. The van der Waals surface area contributed by atoms with E-state index in [9.17, 15) is 9.59 Å². The first-order chi connectivity index (χ1) is 10.4. The summed E-state index contributed by atoms with van der Waals surface area (Å²) in [5.41, 5.74) is 1.77. The number of nitrogens with zero attached hydrogens (tertiary/aromatic N) is 1. The fraction of sp³-hybridized carbons (Fsp3) is 0.222. The molecule has 1 amide bonds. The molecule has 0 aliphatic carbocycles. The van der Waals surface area contributed by atoms with Crippen molar-refractivity contribution in [2.24, 2.45) is 0 Å². The largest absolute Gasteiger partial charge is 0.306 e. The molecule has 0 aromatic heterocycles. The van der Waals surface area contributed by atoms with Gasteiger partial charge in [0.25, 0.3) is 5.91 Å². The maximum Gasteiger partial charge on any atom is 0.251 e. The monoisotopic (exact) mass is 359 g/mol. The molecule has 0 bridgehead atoms. The molecular weight excluding hydrogens is 342 g/mol. The SMILES string of the molecule is CC(=O)C(C)(Br)C(=O)N(Cc1ccccc1)c1ccccc1. The van der Waals surface area contributed by atoms with Crippen LogP contribution < -0.4 is 4.90 Å². The molecule has 1 atom stereocenters. The minimum absolute atomic E-state index is 0.216. The average Bonchev–Trinajstić information content (AvgIpc) is 2.53. The smallest absolute Gasteiger partial charge is 0.251 e. The molecule has 0 aliphatic heterocycles. The van der Waals surface area contributed by atoms with E-state index in [0.717, 1.165) is 11.3 Å². The molecule has 114 valence electrons. The van der Waals surface area contributed by atoms with Crippen LogP contribution in [0.15, 0.2) is 60.7 Å². The van der Waals surface area contributed by atoms with Crippen molar-refractivity contribution < 1.29 is 9.59 Å². The fourth-order valence-corrected chi connectivity index (χ4v) is 2.27. The van der Waals surface area contributed by atoms with Gasteiger partial charge >= 0.3 is 0 Å². The lowest BCUT2D eigenvalue weighted by Gasteiger charge is -2.29. The summed E-state index contributed by atoms with van der Waals surface area (Å²) in [6.45, 7) is 3.43. The van der Waals surface area contributed by atoms with Crippen molar-refractivity contribution in [2.75, 3.05) is 4.90 Å². The lowest BCUT2D eigenvalue weighted by atomic mass is 10.0. The number of hydrogen-bond donors (Lipinski definition) is 0. The molecule has 3 nitrogen and oxygen atoms in total. The minimum atomic E-state index is -1.22. The lowest BCUT2D eigenvalue weighted by Crippen LogP contribution is -2.47. The molecule has 0 spiro atoms. The maximum absolute atomic E-state index is 12.9. The molecule has 0 radical (unpaired) electrons. The molecule has 0 aliphatic rings. The molecule has 2 aromatic carbocycles. The third kappa shape index (κ3) is 3.63. The number of hydrogen-bond acceptors (Lipinski definition) is 2. The van der Waals surface area contributed by atoms with Gasteiger partial charge in [-0.25, -0.2) is 0 Å². The number of amides is 1. The Morgan fingerprint density at radius 3 is 2.00 bits per heavy atom. The van der Waals surface area contributed by atoms with Crippen LogP contribution in [0, 0.1) is 0 Å². The number of alkyl halides is 1. The van der Waals surface area contributed by atoms with Crippen LogP contribution >= 0.6 is 15.9 Å². The highest BCUT2D eigenvalue weighted by atomic mass is 79.9. The van der Waals surface area contributed by atoms with Gasteiger partial charge in [0.2, 0.25) is 0 Å². The number of carbonyl (C=O) groups excluding carboxylic acids is 2. The van der Waals surface area contributed by atoms with Crippen LogP contribution in [-0.4, -0.2) is 16.0 Å². The van der Waals surface area contributed by atoms with E-state index in [4.69, 9.17) is 0 Å². The van der Waals surface area contributed by atoms with E-state index < -0.39 is 4.32 Å². The Labute approximate surface area is 139 Å². The van der Waals surface area contributed by atoms with Crippen molar-refractivity contribution in [3.05, 3.63) is 66.2 Å². The van der Waals surface area contributed by atoms with Crippen molar-refractivity contribution in [1.29, 1.82) is 0 Å². The molecule has 1 unspecified atom stereocenters. The highest BCUT2D eigenvalue weighted by Crippen LogP contribution is 2.27. The molecule has 0 heterocycles. The summed E-state index contributed by atoms with van der Waals surface area (Å²) in [5, 5.41) is 0. The Morgan fingerprint density at radius 2 is 1.50 bits per heavy atom. The van der Waals surface area contributed by atoms with Crippen LogP contribution in [0.5, 0.6) is 0 Å². The van der Waals surface area contributed by atoms with Crippen molar-refractivity contribution in [2.45, 2.75) is 24.7 Å². The predicted molar refractivity (Wildman–Crippen MR) is 92.1 cm³/mol. The first-order valence-corrected chi connectivity index (χ1v) is 7.83. The zero-order valence-corrected chi connectivity index (χ0v) is 14.2. The van der Waals surface area contributed by atoms with Crippen molar-refractivity contribution in [3.8, 4) is 0 Å². The van der Waals surface area contributed by atoms with Crippen LogP contribution in [0.25, 0.3) is 0 Å². The molecular formula is C18H18BrNO2. The van der Waals surface area contributed by atoms with E-state index >= 15 is 0 Å². The average molecular weight is 360 g/mol. The minimum Gasteiger partial charge on any atom is -0.306 e. The van der Waals surface area contributed by atoms with Gasteiger partial charge in [-0.3, -0.25) is 9.59 Å². The second-order valence-electron chi connectivity index (χ2n) is 5.27. The Balaban J connectivity index is 2.38. The number of anilines is 1. The van der Waals surface area contributed by atoms with E-state index in [1.165, 1.54) is 6.92 Å². The number of rotatable bonds is 5. The van der Waals surface area contributed by atoms with E-state index in [2.05, 4.69) is 15.9 Å². The van der Waals surface area contributed by atoms with Crippen molar-refractivity contribution in [3.63, 3.8) is 0 Å². The van der Waals surface area contributed by atoms with Crippen molar-refractivity contribution in [1.82, 2.24) is 0 Å². The van der Waals surface area contributed by atoms with E-state index in [0.29, 0.717) is 6.54 Å². The Bertz CT molecular complexity index is 653. The lowest BCUT2D eigenvalue weighted by molar-refractivity contribution is -0.128. The number of Topliss-reactive ketones (excluding diaryl/α,β-unsaturated/α-hetero) is 1. The van der Waals surface area contributed by atoms with Crippen LogP contribution in [-0.2, 0) is 16.1 Å². The number of carbonyl (C=O) groups is 2. The third-order valence-corrected chi connectivity index (χ3v) is 4.46. The van der Waals surface area contributed by atoms with Gasteiger partial charge in [-0.1, -0.05) is 64.5 Å². The molecule has 0 saturated carbocycles. The van der Waals surface area contributed by atoms with Gasteiger partial charge in [-0.15, -0.1) is 0 Å². The quantitative estimate of drug-likeness (QED) is 0.598. The molecule has 22 heavy (non-hydrogen) atoms. The Morgan fingerprint density at radius 1 is 1.00 bits per heavy atom. The number of benzene rings is 2. The van der Waals surface area contributed by atoms with Gasteiger partial charge in [0.15, 0.2) is 10.1 Å². The van der Waals surface area contributed by atoms with Gasteiger partial charge in [0, 0.05) is 5.69 Å². The second kappa shape index (κ2) is 6.88. The number of para-hydroxylation sites is 1. The van der Waals surface area contributed by atoms with E-state index in [-0.39, 0.29) is 11.7 Å². The van der Waals surface area contributed by atoms with Gasteiger partial charge in [-0.2, -0.15) is 0 Å². The predicted octanol–water partition coefficient (Wildman–Crippen LogP) is 3.96. The van der Waals surface area contributed by atoms with E-state index in [1.807, 2.05) is 60.7 Å². The van der Waals surface area contributed by atoms with Crippen molar-refractivity contribution >= 4 is 33.3 Å². The summed E-state index contributed by atoms with van der Waals surface area (Å²) < 4.78 is -1.22. The van der Waals surface area contributed by atoms with E-state index in [1.54, 1.807) is 11.8 Å². The first-order valence-electron chi connectivity index (χ1n) is 7.04. The van der Waals surface area contributed by atoms with Gasteiger partial charge in [0.1, 0.15) is 0 Å².